The highest BCUT2D eigenvalue weighted by molar-refractivity contribution is 5.55. The van der Waals surface area contributed by atoms with Gasteiger partial charge in [0.2, 0.25) is 0 Å². The highest BCUT2D eigenvalue weighted by Crippen LogP contribution is 2.30. The standard InChI is InChI=1S/C17H26FN3/c1-13(19-2)16-11-14(18)6-7-17(16)21-10-4-9-20-8-3-5-15(20)12-21/h6-7,11,13,15,19H,3-5,8-10,12H2,1-2H3. The molecule has 2 fully saturated rings. The van der Waals surface area contributed by atoms with E-state index in [0.717, 1.165) is 18.7 Å². The minimum absolute atomic E-state index is 0.145. The van der Waals surface area contributed by atoms with Gasteiger partial charge in [0.05, 0.1) is 0 Å². The van der Waals surface area contributed by atoms with Crippen molar-refractivity contribution in [2.45, 2.75) is 38.3 Å². The molecule has 116 valence electrons. The van der Waals surface area contributed by atoms with Gasteiger partial charge in [-0.3, -0.25) is 4.90 Å². The number of anilines is 1. The summed E-state index contributed by atoms with van der Waals surface area (Å²) in [6.07, 6.45) is 3.82. The lowest BCUT2D eigenvalue weighted by molar-refractivity contribution is 0.273. The van der Waals surface area contributed by atoms with E-state index >= 15 is 0 Å². The number of benzene rings is 1. The van der Waals surface area contributed by atoms with E-state index in [1.165, 1.54) is 38.0 Å². The van der Waals surface area contributed by atoms with Gasteiger partial charge in [0.25, 0.3) is 0 Å². The molecule has 0 spiro atoms. The second kappa shape index (κ2) is 6.32. The predicted molar refractivity (Wildman–Crippen MR) is 85.3 cm³/mol. The molecule has 2 aliphatic heterocycles. The van der Waals surface area contributed by atoms with Gasteiger partial charge >= 0.3 is 0 Å². The number of nitrogens with one attached hydrogen (secondary N) is 1. The average Bonchev–Trinajstić information content (AvgIpc) is 2.83. The highest BCUT2D eigenvalue weighted by Gasteiger charge is 2.29. The average molecular weight is 291 g/mol. The fourth-order valence-electron chi connectivity index (χ4n) is 3.74. The highest BCUT2D eigenvalue weighted by atomic mass is 19.1. The van der Waals surface area contributed by atoms with Crippen LogP contribution < -0.4 is 10.2 Å². The topological polar surface area (TPSA) is 18.5 Å². The zero-order chi connectivity index (χ0) is 14.8. The van der Waals surface area contributed by atoms with Gasteiger partial charge in [-0.2, -0.15) is 0 Å². The normalized spacial score (nSPS) is 24.7. The minimum atomic E-state index is -0.145. The van der Waals surface area contributed by atoms with E-state index in [2.05, 4.69) is 22.0 Å². The molecule has 21 heavy (non-hydrogen) atoms. The van der Waals surface area contributed by atoms with Gasteiger partial charge in [0.15, 0.2) is 0 Å². The molecular formula is C17H26FN3. The molecule has 0 amide bonds. The molecule has 1 aromatic carbocycles. The van der Waals surface area contributed by atoms with Crippen molar-refractivity contribution in [3.05, 3.63) is 29.6 Å². The van der Waals surface area contributed by atoms with Crippen molar-refractivity contribution in [1.82, 2.24) is 10.2 Å². The second-order valence-corrected chi connectivity index (χ2v) is 6.35. The largest absolute Gasteiger partial charge is 0.370 e. The molecule has 0 saturated carbocycles. The van der Waals surface area contributed by atoms with Crippen molar-refractivity contribution in [2.75, 3.05) is 38.1 Å². The zero-order valence-corrected chi connectivity index (χ0v) is 13.1. The summed E-state index contributed by atoms with van der Waals surface area (Å²) in [5.74, 6) is -0.145. The number of nitrogens with zero attached hydrogens (tertiary/aromatic N) is 2. The summed E-state index contributed by atoms with van der Waals surface area (Å²) in [6.45, 7) is 6.70. The van der Waals surface area contributed by atoms with E-state index in [0.29, 0.717) is 6.04 Å². The summed E-state index contributed by atoms with van der Waals surface area (Å²) in [5.41, 5.74) is 2.27. The first kappa shape index (κ1) is 14.8. The Labute approximate surface area is 127 Å². The summed E-state index contributed by atoms with van der Waals surface area (Å²) in [6, 6.07) is 6.09. The molecule has 4 heteroatoms. The van der Waals surface area contributed by atoms with Crippen molar-refractivity contribution in [1.29, 1.82) is 0 Å². The smallest absolute Gasteiger partial charge is 0.123 e. The number of halogens is 1. The van der Waals surface area contributed by atoms with Gasteiger partial charge in [0.1, 0.15) is 5.82 Å². The Morgan fingerprint density at radius 1 is 1.24 bits per heavy atom. The number of rotatable bonds is 3. The molecular weight excluding hydrogens is 265 g/mol. The van der Waals surface area contributed by atoms with Crippen LogP contribution >= 0.6 is 0 Å². The number of fused-ring (bicyclic) bond motifs is 1. The molecule has 2 atom stereocenters. The van der Waals surface area contributed by atoms with Crippen LogP contribution in [0.15, 0.2) is 18.2 Å². The Morgan fingerprint density at radius 2 is 2.05 bits per heavy atom. The maximum absolute atomic E-state index is 13.7. The monoisotopic (exact) mass is 291 g/mol. The maximum Gasteiger partial charge on any atom is 0.123 e. The molecule has 0 aliphatic carbocycles. The molecule has 3 rings (SSSR count). The molecule has 2 heterocycles. The first-order chi connectivity index (χ1) is 10.2. The van der Waals surface area contributed by atoms with E-state index in [-0.39, 0.29) is 11.9 Å². The third-order valence-corrected chi connectivity index (χ3v) is 5.03. The molecule has 1 aromatic rings. The fourth-order valence-corrected chi connectivity index (χ4v) is 3.74. The van der Waals surface area contributed by atoms with Crippen LogP contribution in [0.2, 0.25) is 0 Å². The van der Waals surface area contributed by atoms with Crippen LogP contribution in [0.25, 0.3) is 0 Å². The van der Waals surface area contributed by atoms with Gasteiger partial charge in [-0.15, -0.1) is 0 Å². The van der Waals surface area contributed by atoms with Crippen molar-refractivity contribution in [3.63, 3.8) is 0 Å². The third-order valence-electron chi connectivity index (χ3n) is 5.03. The Morgan fingerprint density at radius 3 is 2.86 bits per heavy atom. The van der Waals surface area contributed by atoms with E-state index < -0.39 is 0 Å². The third kappa shape index (κ3) is 3.06. The number of hydrogen-bond acceptors (Lipinski definition) is 3. The van der Waals surface area contributed by atoms with Crippen LogP contribution in [-0.2, 0) is 0 Å². The quantitative estimate of drug-likeness (QED) is 0.924. The molecule has 2 saturated heterocycles. The second-order valence-electron chi connectivity index (χ2n) is 6.35. The summed E-state index contributed by atoms with van der Waals surface area (Å²) >= 11 is 0. The van der Waals surface area contributed by atoms with Crippen LogP contribution in [0.5, 0.6) is 0 Å². The lowest BCUT2D eigenvalue weighted by Crippen LogP contribution is -2.37. The van der Waals surface area contributed by atoms with Gasteiger partial charge in [0, 0.05) is 37.4 Å². The van der Waals surface area contributed by atoms with Gasteiger partial charge < -0.3 is 10.2 Å². The Bertz CT molecular complexity index is 491. The molecule has 1 N–H and O–H groups in total. The summed E-state index contributed by atoms with van der Waals surface area (Å²) in [7, 11) is 1.93. The Balaban J connectivity index is 1.88. The molecule has 0 bridgehead atoms. The van der Waals surface area contributed by atoms with Gasteiger partial charge in [-0.05, 0) is 63.5 Å². The van der Waals surface area contributed by atoms with Crippen molar-refractivity contribution >= 4 is 5.69 Å². The lowest BCUT2D eigenvalue weighted by atomic mass is 10.0. The summed E-state index contributed by atoms with van der Waals surface area (Å²) < 4.78 is 13.7. The lowest BCUT2D eigenvalue weighted by Gasteiger charge is -2.30. The SMILES string of the molecule is CNC(C)c1cc(F)ccc1N1CCCN2CCCC2C1. The Hall–Kier alpha value is -1.13. The minimum Gasteiger partial charge on any atom is -0.370 e. The zero-order valence-electron chi connectivity index (χ0n) is 13.1. The molecule has 3 nitrogen and oxygen atoms in total. The van der Waals surface area contributed by atoms with E-state index in [1.54, 1.807) is 12.1 Å². The van der Waals surface area contributed by atoms with Crippen molar-refractivity contribution in [2.24, 2.45) is 0 Å². The summed E-state index contributed by atoms with van der Waals surface area (Å²) in [5, 5.41) is 3.25. The summed E-state index contributed by atoms with van der Waals surface area (Å²) in [4.78, 5) is 5.10. The fraction of sp³-hybridized carbons (Fsp3) is 0.647. The number of hydrogen-bond donors (Lipinski definition) is 1. The first-order valence-electron chi connectivity index (χ1n) is 8.14. The van der Waals surface area contributed by atoms with Crippen molar-refractivity contribution in [3.8, 4) is 0 Å². The predicted octanol–water partition coefficient (Wildman–Crippen LogP) is 2.78. The van der Waals surface area contributed by atoms with E-state index in [4.69, 9.17) is 0 Å². The van der Waals surface area contributed by atoms with Gasteiger partial charge in [-0.25, -0.2) is 4.39 Å². The van der Waals surface area contributed by atoms with Crippen LogP contribution in [0.4, 0.5) is 10.1 Å². The molecule has 2 aliphatic rings. The van der Waals surface area contributed by atoms with Crippen molar-refractivity contribution < 1.29 is 4.39 Å². The van der Waals surface area contributed by atoms with E-state index in [9.17, 15) is 4.39 Å². The van der Waals surface area contributed by atoms with E-state index in [1.807, 2.05) is 13.1 Å². The molecule has 0 aromatic heterocycles. The molecule has 2 unspecified atom stereocenters. The maximum atomic E-state index is 13.7. The van der Waals surface area contributed by atoms with Crippen LogP contribution in [-0.4, -0.2) is 44.2 Å². The first-order valence-corrected chi connectivity index (χ1v) is 8.14. The Kier molecular flexibility index (Phi) is 4.45. The van der Waals surface area contributed by atoms with Crippen LogP contribution in [0.1, 0.15) is 37.8 Å². The van der Waals surface area contributed by atoms with Crippen LogP contribution in [0, 0.1) is 5.82 Å². The van der Waals surface area contributed by atoms with Crippen LogP contribution in [0.3, 0.4) is 0 Å². The molecule has 0 radical (unpaired) electrons. The van der Waals surface area contributed by atoms with Gasteiger partial charge in [-0.1, -0.05) is 0 Å².